The molecule has 4 heteroatoms. The first-order valence-electron chi connectivity index (χ1n) is 7.44. The van der Waals surface area contributed by atoms with Crippen molar-refractivity contribution in [2.24, 2.45) is 5.73 Å². The summed E-state index contributed by atoms with van der Waals surface area (Å²) in [6.07, 6.45) is 4.95. The molecule has 1 aromatic carbocycles. The zero-order chi connectivity index (χ0) is 14.5. The van der Waals surface area contributed by atoms with Gasteiger partial charge in [-0.25, -0.2) is 0 Å². The van der Waals surface area contributed by atoms with Crippen LogP contribution in [0.4, 0.5) is 5.69 Å². The highest BCUT2D eigenvalue weighted by atomic mass is 16.3. The fraction of sp³-hybridized carbons (Fsp3) is 0.562. The predicted octanol–water partition coefficient (Wildman–Crippen LogP) is 2.36. The summed E-state index contributed by atoms with van der Waals surface area (Å²) in [5.74, 6) is -0.297. The van der Waals surface area contributed by atoms with E-state index in [-0.39, 0.29) is 12.5 Å². The Hall–Kier alpha value is -1.55. The Morgan fingerprint density at radius 2 is 1.95 bits per heavy atom. The molecule has 1 unspecified atom stereocenters. The molecule has 20 heavy (non-hydrogen) atoms. The number of nitrogens with two attached hydrogens (primary N) is 1. The van der Waals surface area contributed by atoms with E-state index in [0.717, 1.165) is 24.1 Å². The third-order valence-electron chi connectivity index (χ3n) is 4.09. The number of carbonyl (C=O) groups is 1. The Morgan fingerprint density at radius 1 is 1.35 bits per heavy atom. The van der Waals surface area contributed by atoms with Crippen molar-refractivity contribution in [2.45, 2.75) is 51.2 Å². The molecule has 1 amide bonds. The van der Waals surface area contributed by atoms with Crippen LogP contribution < -0.4 is 10.6 Å². The van der Waals surface area contributed by atoms with Gasteiger partial charge in [0, 0.05) is 11.7 Å². The monoisotopic (exact) mass is 276 g/mol. The third kappa shape index (κ3) is 3.51. The van der Waals surface area contributed by atoms with E-state index in [1.165, 1.54) is 12.8 Å². The average molecular weight is 276 g/mol. The molecule has 1 atom stereocenters. The van der Waals surface area contributed by atoms with Gasteiger partial charge in [-0.3, -0.25) is 4.79 Å². The summed E-state index contributed by atoms with van der Waals surface area (Å²) >= 11 is 0. The van der Waals surface area contributed by atoms with Gasteiger partial charge in [-0.15, -0.1) is 0 Å². The van der Waals surface area contributed by atoms with Gasteiger partial charge >= 0.3 is 0 Å². The van der Waals surface area contributed by atoms with E-state index >= 15 is 0 Å². The van der Waals surface area contributed by atoms with Gasteiger partial charge in [0.1, 0.15) is 0 Å². The third-order valence-corrected chi connectivity index (χ3v) is 4.09. The van der Waals surface area contributed by atoms with E-state index in [2.05, 4.69) is 4.90 Å². The Morgan fingerprint density at radius 3 is 2.45 bits per heavy atom. The van der Waals surface area contributed by atoms with Gasteiger partial charge in [0.05, 0.1) is 12.6 Å². The van der Waals surface area contributed by atoms with Crippen LogP contribution in [0.15, 0.2) is 24.3 Å². The second-order valence-electron chi connectivity index (χ2n) is 5.55. The van der Waals surface area contributed by atoms with E-state index < -0.39 is 6.10 Å². The van der Waals surface area contributed by atoms with Crippen LogP contribution in [0, 0.1) is 0 Å². The van der Waals surface area contributed by atoms with Crippen molar-refractivity contribution >= 4 is 11.6 Å². The summed E-state index contributed by atoms with van der Waals surface area (Å²) in [7, 11) is 0. The van der Waals surface area contributed by atoms with Gasteiger partial charge in [0.2, 0.25) is 5.91 Å². The van der Waals surface area contributed by atoms with Gasteiger partial charge in [-0.2, -0.15) is 0 Å². The second-order valence-corrected chi connectivity index (χ2v) is 5.55. The van der Waals surface area contributed by atoms with E-state index in [1.807, 2.05) is 31.2 Å². The molecule has 1 fully saturated rings. The molecule has 4 nitrogen and oxygen atoms in total. The lowest BCUT2D eigenvalue weighted by atomic mass is 10.1. The van der Waals surface area contributed by atoms with Crippen LogP contribution in [0.25, 0.3) is 0 Å². The molecule has 0 aliphatic heterocycles. The minimum absolute atomic E-state index is 0.264. The molecule has 1 aliphatic carbocycles. The molecule has 0 spiro atoms. The molecule has 0 heterocycles. The molecule has 2 rings (SSSR count). The molecule has 0 bridgehead atoms. The van der Waals surface area contributed by atoms with Crippen molar-refractivity contribution in [1.29, 1.82) is 0 Å². The Bertz CT molecular complexity index is 438. The normalized spacial score (nSPS) is 17.1. The summed E-state index contributed by atoms with van der Waals surface area (Å²) in [6.45, 7) is 2.22. The lowest BCUT2D eigenvalue weighted by Crippen LogP contribution is -2.40. The fourth-order valence-corrected chi connectivity index (χ4v) is 2.94. The molecule has 1 aromatic rings. The maximum Gasteiger partial charge on any atom is 0.236 e. The first kappa shape index (κ1) is 14.9. The van der Waals surface area contributed by atoms with Crippen molar-refractivity contribution in [3.8, 4) is 0 Å². The molecule has 0 radical (unpaired) electrons. The first-order valence-corrected chi connectivity index (χ1v) is 7.44. The molecular formula is C16H24N2O2. The number of hydrogen-bond donors (Lipinski definition) is 2. The number of aliphatic hydroxyl groups excluding tert-OH is 1. The van der Waals surface area contributed by atoms with Gasteiger partial charge in [0.15, 0.2) is 0 Å². The number of primary amides is 1. The maximum atomic E-state index is 11.3. The topological polar surface area (TPSA) is 66.6 Å². The number of aliphatic hydroxyl groups is 1. The van der Waals surface area contributed by atoms with E-state index in [4.69, 9.17) is 5.73 Å². The van der Waals surface area contributed by atoms with Crippen molar-refractivity contribution in [3.63, 3.8) is 0 Å². The summed E-state index contributed by atoms with van der Waals surface area (Å²) in [4.78, 5) is 13.4. The quantitative estimate of drug-likeness (QED) is 0.838. The lowest BCUT2D eigenvalue weighted by Gasteiger charge is -2.30. The molecule has 1 aliphatic rings. The fourth-order valence-electron chi connectivity index (χ4n) is 2.94. The van der Waals surface area contributed by atoms with Crippen molar-refractivity contribution < 1.29 is 9.90 Å². The van der Waals surface area contributed by atoms with Crippen LogP contribution in [0.5, 0.6) is 0 Å². The summed E-state index contributed by atoms with van der Waals surface area (Å²) in [6, 6.07) is 8.24. The van der Waals surface area contributed by atoms with Gasteiger partial charge in [0.25, 0.3) is 0 Å². The van der Waals surface area contributed by atoms with E-state index in [0.29, 0.717) is 12.5 Å². The predicted molar refractivity (Wildman–Crippen MR) is 80.5 cm³/mol. The number of hydrogen-bond acceptors (Lipinski definition) is 3. The van der Waals surface area contributed by atoms with Crippen molar-refractivity contribution in [2.75, 3.05) is 11.4 Å². The van der Waals surface area contributed by atoms with Crippen LogP contribution >= 0.6 is 0 Å². The largest absolute Gasteiger partial charge is 0.388 e. The van der Waals surface area contributed by atoms with Gasteiger partial charge in [-0.1, -0.05) is 31.9 Å². The number of anilines is 1. The molecule has 1 saturated carbocycles. The zero-order valence-electron chi connectivity index (χ0n) is 12.1. The number of benzene rings is 1. The lowest BCUT2D eigenvalue weighted by molar-refractivity contribution is -0.116. The first-order chi connectivity index (χ1) is 9.61. The van der Waals surface area contributed by atoms with Crippen molar-refractivity contribution in [3.05, 3.63) is 29.8 Å². The molecule has 0 aromatic heterocycles. The summed E-state index contributed by atoms with van der Waals surface area (Å²) in [5, 5.41) is 9.83. The van der Waals surface area contributed by atoms with Crippen LogP contribution in [-0.2, 0) is 4.79 Å². The number of rotatable bonds is 6. The Balaban J connectivity index is 2.17. The number of carbonyl (C=O) groups excluding carboxylic acids is 1. The summed E-state index contributed by atoms with van der Waals surface area (Å²) < 4.78 is 0. The number of amides is 1. The number of nitrogens with zero attached hydrogens (tertiary/aromatic N) is 1. The van der Waals surface area contributed by atoms with Crippen LogP contribution in [-0.4, -0.2) is 23.6 Å². The smallest absolute Gasteiger partial charge is 0.236 e. The standard InChI is InChI=1S/C16H24N2O2/c1-2-15(19)12-7-9-14(10-8-12)18(11-16(17)20)13-5-3-4-6-13/h7-10,13,15,19H,2-6,11H2,1H3,(H2,17,20). The van der Waals surface area contributed by atoms with Crippen molar-refractivity contribution in [1.82, 2.24) is 0 Å². The Kier molecular flexibility index (Phi) is 5.01. The van der Waals surface area contributed by atoms with Gasteiger partial charge < -0.3 is 15.7 Å². The Labute approximate surface area is 120 Å². The van der Waals surface area contributed by atoms with Crippen LogP contribution in [0.2, 0.25) is 0 Å². The zero-order valence-corrected chi connectivity index (χ0v) is 12.1. The SMILES string of the molecule is CCC(O)c1ccc(N(CC(N)=O)C2CCCC2)cc1. The highest BCUT2D eigenvalue weighted by Gasteiger charge is 2.24. The molecular weight excluding hydrogens is 252 g/mol. The average Bonchev–Trinajstić information content (AvgIpc) is 2.98. The molecule has 0 saturated heterocycles. The van der Waals surface area contributed by atoms with Gasteiger partial charge in [-0.05, 0) is 37.0 Å². The summed E-state index contributed by atoms with van der Waals surface area (Å²) in [5.41, 5.74) is 7.31. The highest BCUT2D eigenvalue weighted by molar-refractivity contribution is 5.79. The molecule has 110 valence electrons. The van der Waals surface area contributed by atoms with E-state index in [1.54, 1.807) is 0 Å². The van der Waals surface area contributed by atoms with Crippen LogP contribution in [0.3, 0.4) is 0 Å². The maximum absolute atomic E-state index is 11.3. The minimum atomic E-state index is -0.417. The minimum Gasteiger partial charge on any atom is -0.388 e. The second kappa shape index (κ2) is 6.75. The molecule has 3 N–H and O–H groups in total. The van der Waals surface area contributed by atoms with E-state index in [9.17, 15) is 9.90 Å². The highest BCUT2D eigenvalue weighted by Crippen LogP contribution is 2.29. The van der Waals surface area contributed by atoms with Crippen LogP contribution in [0.1, 0.15) is 50.7 Å².